The average Bonchev–Trinajstić information content (AvgIpc) is 2.51. The number of nitrogens with one attached hydrogen (secondary N) is 1. The van der Waals surface area contributed by atoms with Gasteiger partial charge in [-0.15, -0.1) is 0 Å². The zero-order chi connectivity index (χ0) is 16.0. The van der Waals surface area contributed by atoms with E-state index < -0.39 is 0 Å². The number of carbonyl (C=O) groups is 1. The van der Waals surface area contributed by atoms with Crippen molar-refractivity contribution in [1.82, 2.24) is 0 Å². The molecule has 0 aromatic heterocycles. The topological polar surface area (TPSA) is 49.3 Å². The van der Waals surface area contributed by atoms with Crippen LogP contribution >= 0.6 is 0 Å². The highest BCUT2D eigenvalue weighted by atomic mass is 16.3. The predicted molar refractivity (Wildman–Crippen MR) is 93.2 cm³/mol. The van der Waals surface area contributed by atoms with Gasteiger partial charge in [0.15, 0.2) is 0 Å². The molecule has 1 aromatic carbocycles. The van der Waals surface area contributed by atoms with Crippen LogP contribution in [0.1, 0.15) is 77.6 Å². The molecule has 3 nitrogen and oxygen atoms in total. The molecule has 0 aliphatic heterocycles. The summed E-state index contributed by atoms with van der Waals surface area (Å²) in [6.45, 7) is 2.25. The highest BCUT2D eigenvalue weighted by molar-refractivity contribution is 5.90. The largest absolute Gasteiger partial charge is 0.508 e. The number of benzene rings is 1. The molecule has 0 bridgehead atoms. The van der Waals surface area contributed by atoms with E-state index in [0.29, 0.717) is 6.42 Å². The quantitative estimate of drug-likeness (QED) is 0.388. The highest BCUT2D eigenvalue weighted by Crippen LogP contribution is 2.15. The SMILES string of the molecule is CCCCCCCCCCCCC(=O)Nc1ccc(O)cc1. The summed E-state index contributed by atoms with van der Waals surface area (Å²) in [4.78, 5) is 11.8. The smallest absolute Gasteiger partial charge is 0.224 e. The van der Waals surface area contributed by atoms with Crippen molar-refractivity contribution in [2.45, 2.75) is 77.6 Å². The lowest BCUT2D eigenvalue weighted by Crippen LogP contribution is -2.10. The fourth-order valence-corrected chi connectivity index (χ4v) is 2.54. The first-order valence-electron chi connectivity index (χ1n) is 8.81. The molecule has 0 aliphatic rings. The first kappa shape index (κ1) is 18.5. The number of hydrogen-bond donors (Lipinski definition) is 2. The zero-order valence-corrected chi connectivity index (χ0v) is 13.9. The normalized spacial score (nSPS) is 10.6. The minimum Gasteiger partial charge on any atom is -0.508 e. The van der Waals surface area contributed by atoms with Gasteiger partial charge in [0.25, 0.3) is 0 Å². The van der Waals surface area contributed by atoms with Crippen LogP contribution in [0.15, 0.2) is 24.3 Å². The molecule has 0 spiro atoms. The van der Waals surface area contributed by atoms with Crippen LogP contribution in [-0.2, 0) is 4.79 Å². The molecule has 3 heteroatoms. The zero-order valence-electron chi connectivity index (χ0n) is 13.9. The van der Waals surface area contributed by atoms with Gasteiger partial charge in [0.2, 0.25) is 5.91 Å². The van der Waals surface area contributed by atoms with Crippen molar-refractivity contribution in [3.63, 3.8) is 0 Å². The molecular formula is C19H31NO2. The number of hydrogen-bond acceptors (Lipinski definition) is 2. The fraction of sp³-hybridized carbons (Fsp3) is 0.632. The van der Waals surface area contributed by atoms with Gasteiger partial charge in [-0.1, -0.05) is 64.7 Å². The van der Waals surface area contributed by atoms with E-state index in [1.165, 1.54) is 51.4 Å². The van der Waals surface area contributed by atoms with Crippen molar-refractivity contribution in [3.8, 4) is 5.75 Å². The van der Waals surface area contributed by atoms with Crippen LogP contribution in [0.3, 0.4) is 0 Å². The monoisotopic (exact) mass is 305 g/mol. The van der Waals surface area contributed by atoms with E-state index >= 15 is 0 Å². The van der Waals surface area contributed by atoms with E-state index in [4.69, 9.17) is 0 Å². The van der Waals surface area contributed by atoms with Crippen LogP contribution in [0, 0.1) is 0 Å². The predicted octanol–water partition coefficient (Wildman–Crippen LogP) is 5.64. The Balaban J connectivity index is 1.93. The van der Waals surface area contributed by atoms with Gasteiger partial charge in [0, 0.05) is 12.1 Å². The van der Waals surface area contributed by atoms with E-state index in [0.717, 1.165) is 18.5 Å². The van der Waals surface area contributed by atoms with Gasteiger partial charge in [-0.25, -0.2) is 0 Å². The van der Waals surface area contributed by atoms with Crippen molar-refractivity contribution >= 4 is 11.6 Å². The van der Waals surface area contributed by atoms with E-state index in [9.17, 15) is 9.90 Å². The van der Waals surface area contributed by atoms with E-state index in [2.05, 4.69) is 12.2 Å². The standard InChI is InChI=1S/C19H31NO2/c1-2-3-4-5-6-7-8-9-10-11-12-19(22)20-17-13-15-18(21)16-14-17/h13-16,21H,2-12H2,1H3,(H,20,22). The van der Waals surface area contributed by atoms with Gasteiger partial charge in [-0.3, -0.25) is 4.79 Å². The van der Waals surface area contributed by atoms with Gasteiger partial charge in [0.05, 0.1) is 0 Å². The minimum absolute atomic E-state index is 0.0604. The maximum atomic E-state index is 11.8. The summed E-state index contributed by atoms with van der Waals surface area (Å²) in [5.74, 6) is 0.276. The molecule has 0 saturated heterocycles. The van der Waals surface area contributed by atoms with Crippen LogP contribution < -0.4 is 5.32 Å². The number of amides is 1. The number of aromatic hydroxyl groups is 1. The molecular weight excluding hydrogens is 274 g/mol. The number of phenolic OH excluding ortho intramolecular Hbond substituents is 1. The summed E-state index contributed by atoms with van der Waals surface area (Å²) in [6, 6.07) is 6.59. The number of phenols is 1. The number of carbonyl (C=O) groups excluding carboxylic acids is 1. The van der Waals surface area contributed by atoms with Crippen molar-refractivity contribution in [3.05, 3.63) is 24.3 Å². The molecule has 22 heavy (non-hydrogen) atoms. The molecule has 1 amide bonds. The second-order valence-corrected chi connectivity index (χ2v) is 6.03. The molecule has 1 aromatic rings. The van der Waals surface area contributed by atoms with Crippen LogP contribution in [0.5, 0.6) is 5.75 Å². The Morgan fingerprint density at radius 3 is 1.91 bits per heavy atom. The second-order valence-electron chi connectivity index (χ2n) is 6.03. The molecule has 0 radical (unpaired) electrons. The lowest BCUT2D eigenvalue weighted by Gasteiger charge is -2.05. The van der Waals surface area contributed by atoms with Gasteiger partial charge in [0.1, 0.15) is 5.75 Å². The van der Waals surface area contributed by atoms with E-state index in [1.807, 2.05) is 0 Å². The minimum atomic E-state index is 0.0604. The molecule has 2 N–H and O–H groups in total. The second kappa shape index (κ2) is 12.1. The number of unbranched alkanes of at least 4 members (excludes halogenated alkanes) is 9. The molecule has 124 valence electrons. The maximum Gasteiger partial charge on any atom is 0.224 e. The molecule has 0 aliphatic carbocycles. The Morgan fingerprint density at radius 2 is 1.36 bits per heavy atom. The van der Waals surface area contributed by atoms with Crippen LogP contribution in [0.2, 0.25) is 0 Å². The van der Waals surface area contributed by atoms with Gasteiger partial charge < -0.3 is 10.4 Å². The van der Waals surface area contributed by atoms with Crippen molar-refractivity contribution in [2.24, 2.45) is 0 Å². The Hall–Kier alpha value is -1.51. The number of rotatable bonds is 12. The molecule has 0 unspecified atom stereocenters. The molecule has 0 heterocycles. The van der Waals surface area contributed by atoms with E-state index in [-0.39, 0.29) is 11.7 Å². The third-order valence-corrected chi connectivity index (χ3v) is 3.91. The summed E-state index contributed by atoms with van der Waals surface area (Å²) in [6.07, 6.45) is 13.4. The van der Waals surface area contributed by atoms with Gasteiger partial charge in [-0.2, -0.15) is 0 Å². The van der Waals surface area contributed by atoms with Gasteiger partial charge in [-0.05, 0) is 30.7 Å². The lowest BCUT2D eigenvalue weighted by atomic mass is 10.1. The number of anilines is 1. The van der Waals surface area contributed by atoms with Crippen molar-refractivity contribution < 1.29 is 9.90 Å². The Labute approximate surface area is 135 Å². The molecule has 1 rings (SSSR count). The highest BCUT2D eigenvalue weighted by Gasteiger charge is 2.02. The van der Waals surface area contributed by atoms with Gasteiger partial charge >= 0.3 is 0 Å². The molecule has 0 fully saturated rings. The van der Waals surface area contributed by atoms with Crippen LogP contribution in [-0.4, -0.2) is 11.0 Å². The first-order chi connectivity index (χ1) is 10.7. The van der Waals surface area contributed by atoms with Crippen molar-refractivity contribution in [2.75, 3.05) is 5.32 Å². The fourth-order valence-electron chi connectivity index (χ4n) is 2.54. The summed E-state index contributed by atoms with van der Waals surface area (Å²) in [7, 11) is 0. The first-order valence-corrected chi connectivity index (χ1v) is 8.81. The van der Waals surface area contributed by atoms with E-state index in [1.54, 1.807) is 24.3 Å². The van der Waals surface area contributed by atoms with Crippen LogP contribution in [0.4, 0.5) is 5.69 Å². The van der Waals surface area contributed by atoms with Crippen molar-refractivity contribution in [1.29, 1.82) is 0 Å². The Morgan fingerprint density at radius 1 is 0.864 bits per heavy atom. The molecule has 0 saturated carbocycles. The average molecular weight is 305 g/mol. The summed E-state index contributed by atoms with van der Waals surface area (Å²) in [5, 5.41) is 12.0. The summed E-state index contributed by atoms with van der Waals surface area (Å²) >= 11 is 0. The third-order valence-electron chi connectivity index (χ3n) is 3.91. The lowest BCUT2D eigenvalue weighted by molar-refractivity contribution is -0.116. The van der Waals surface area contributed by atoms with Crippen LogP contribution in [0.25, 0.3) is 0 Å². The summed E-state index contributed by atoms with van der Waals surface area (Å²) < 4.78 is 0. The maximum absolute atomic E-state index is 11.8. The summed E-state index contributed by atoms with van der Waals surface area (Å²) in [5.41, 5.74) is 0.745. The Bertz CT molecular complexity index is 400. The molecule has 0 atom stereocenters. The Kier molecular flexibility index (Phi) is 10.2. The third kappa shape index (κ3) is 9.43.